The molecule has 0 spiro atoms. The van der Waals surface area contributed by atoms with Crippen molar-refractivity contribution in [1.82, 2.24) is 4.72 Å². The molecule has 0 aliphatic heterocycles. The third kappa shape index (κ3) is 5.97. The molecule has 1 atom stereocenters. The van der Waals surface area contributed by atoms with E-state index in [2.05, 4.69) is 4.72 Å². The number of aliphatic hydroxyl groups excluding tert-OH is 1. The van der Waals surface area contributed by atoms with E-state index >= 15 is 0 Å². The fraction of sp³-hybridized carbons (Fsp3) is 0.294. The van der Waals surface area contributed by atoms with Crippen LogP contribution >= 0.6 is 0 Å². The van der Waals surface area contributed by atoms with Crippen molar-refractivity contribution in [2.75, 3.05) is 12.3 Å². The molecule has 0 saturated heterocycles. The van der Waals surface area contributed by atoms with Crippen LogP contribution in [0, 0.1) is 0 Å². The molecule has 4 nitrogen and oxygen atoms in total. The lowest BCUT2D eigenvalue weighted by atomic mass is 10.1. The maximum Gasteiger partial charge on any atom is 0.212 e. The lowest BCUT2D eigenvalue weighted by Crippen LogP contribution is -2.35. The highest BCUT2D eigenvalue weighted by Crippen LogP contribution is 2.04. The Labute approximate surface area is 131 Å². The van der Waals surface area contributed by atoms with E-state index in [1.54, 1.807) is 0 Å². The van der Waals surface area contributed by atoms with Crippen LogP contribution in [-0.2, 0) is 22.9 Å². The number of sulfonamides is 1. The van der Waals surface area contributed by atoms with Crippen molar-refractivity contribution in [3.05, 3.63) is 71.8 Å². The summed E-state index contributed by atoms with van der Waals surface area (Å²) in [4.78, 5) is 0. The van der Waals surface area contributed by atoms with Crippen molar-refractivity contribution in [2.24, 2.45) is 0 Å². The molecule has 0 aromatic heterocycles. The molecule has 0 fully saturated rings. The van der Waals surface area contributed by atoms with E-state index in [-0.39, 0.29) is 12.3 Å². The van der Waals surface area contributed by atoms with Gasteiger partial charge in [-0.2, -0.15) is 0 Å². The number of aliphatic hydroxyl groups is 1. The molecular formula is C17H21NO3S. The van der Waals surface area contributed by atoms with E-state index in [1.807, 2.05) is 60.7 Å². The van der Waals surface area contributed by atoms with Gasteiger partial charge in [0, 0.05) is 6.54 Å². The fourth-order valence-corrected chi connectivity index (χ4v) is 3.25. The van der Waals surface area contributed by atoms with Crippen LogP contribution in [0.25, 0.3) is 0 Å². The summed E-state index contributed by atoms with van der Waals surface area (Å²) in [6, 6.07) is 19.0. The molecule has 118 valence electrons. The summed E-state index contributed by atoms with van der Waals surface area (Å²) in [5.41, 5.74) is 1.97. The molecule has 0 heterocycles. The lowest BCUT2D eigenvalue weighted by molar-refractivity contribution is 0.179. The highest BCUT2D eigenvalue weighted by Gasteiger charge is 2.13. The SMILES string of the molecule is O=S(=O)(CCc1ccccc1)NC[C@@H](O)Cc1ccccc1. The summed E-state index contributed by atoms with van der Waals surface area (Å²) in [6.07, 6.45) is 0.168. The number of rotatable bonds is 8. The van der Waals surface area contributed by atoms with Crippen molar-refractivity contribution in [1.29, 1.82) is 0 Å². The van der Waals surface area contributed by atoms with E-state index < -0.39 is 16.1 Å². The van der Waals surface area contributed by atoms with Crippen molar-refractivity contribution in [2.45, 2.75) is 18.9 Å². The van der Waals surface area contributed by atoms with Gasteiger partial charge in [0.05, 0.1) is 11.9 Å². The van der Waals surface area contributed by atoms with Gasteiger partial charge in [0.1, 0.15) is 0 Å². The average molecular weight is 319 g/mol. The van der Waals surface area contributed by atoms with Gasteiger partial charge in [-0.15, -0.1) is 0 Å². The van der Waals surface area contributed by atoms with Crippen LogP contribution < -0.4 is 4.72 Å². The molecule has 2 N–H and O–H groups in total. The van der Waals surface area contributed by atoms with Gasteiger partial charge in [-0.25, -0.2) is 13.1 Å². The molecule has 0 radical (unpaired) electrons. The van der Waals surface area contributed by atoms with Crippen LogP contribution in [0.15, 0.2) is 60.7 Å². The van der Waals surface area contributed by atoms with Crippen LogP contribution in [-0.4, -0.2) is 31.9 Å². The van der Waals surface area contributed by atoms with Gasteiger partial charge in [0.25, 0.3) is 0 Å². The maximum atomic E-state index is 11.9. The van der Waals surface area contributed by atoms with E-state index in [0.29, 0.717) is 12.8 Å². The van der Waals surface area contributed by atoms with Gasteiger partial charge in [-0.1, -0.05) is 60.7 Å². The molecule has 0 bridgehead atoms. The van der Waals surface area contributed by atoms with Gasteiger partial charge >= 0.3 is 0 Å². The lowest BCUT2D eigenvalue weighted by Gasteiger charge is -2.12. The first kappa shape index (κ1) is 16.7. The molecule has 22 heavy (non-hydrogen) atoms. The Balaban J connectivity index is 1.77. The molecule has 0 aliphatic carbocycles. The van der Waals surface area contributed by atoms with Gasteiger partial charge in [0.2, 0.25) is 10.0 Å². The summed E-state index contributed by atoms with van der Waals surface area (Å²) in [5.74, 6) is 0.0229. The monoisotopic (exact) mass is 319 g/mol. The largest absolute Gasteiger partial charge is 0.391 e. The Morgan fingerprint density at radius 3 is 2.05 bits per heavy atom. The standard InChI is InChI=1S/C17H21NO3S/c19-17(13-16-9-5-2-6-10-16)14-18-22(20,21)12-11-15-7-3-1-4-8-15/h1-10,17-19H,11-14H2/t17-/m0/s1. The van der Waals surface area contributed by atoms with E-state index in [0.717, 1.165) is 11.1 Å². The first-order valence-corrected chi connectivity index (χ1v) is 8.94. The smallest absolute Gasteiger partial charge is 0.212 e. The summed E-state index contributed by atoms with van der Waals surface area (Å²) < 4.78 is 26.3. The molecule has 0 aliphatic rings. The van der Waals surface area contributed by atoms with Gasteiger partial charge < -0.3 is 5.11 Å². The Kier molecular flexibility index (Phi) is 6.12. The molecule has 2 aromatic carbocycles. The third-order valence-electron chi connectivity index (χ3n) is 3.36. The third-order valence-corrected chi connectivity index (χ3v) is 4.70. The highest BCUT2D eigenvalue weighted by molar-refractivity contribution is 7.89. The van der Waals surface area contributed by atoms with Crippen molar-refractivity contribution in [3.8, 4) is 0 Å². The van der Waals surface area contributed by atoms with Crippen molar-refractivity contribution < 1.29 is 13.5 Å². The van der Waals surface area contributed by atoms with Crippen LogP contribution in [0.2, 0.25) is 0 Å². The minimum Gasteiger partial charge on any atom is -0.391 e. The number of aryl methyl sites for hydroxylation is 1. The predicted octanol–water partition coefficient (Wildman–Crippen LogP) is 1.75. The Morgan fingerprint density at radius 2 is 1.45 bits per heavy atom. The Bertz CT molecular complexity index is 657. The molecule has 0 unspecified atom stereocenters. The van der Waals surface area contributed by atoms with Gasteiger partial charge in [0.15, 0.2) is 0 Å². The quantitative estimate of drug-likeness (QED) is 0.779. The summed E-state index contributed by atoms with van der Waals surface area (Å²) >= 11 is 0. The first-order chi connectivity index (χ1) is 10.6. The van der Waals surface area contributed by atoms with Crippen LogP contribution in [0.5, 0.6) is 0 Å². The second-order valence-electron chi connectivity index (χ2n) is 5.25. The minimum atomic E-state index is -3.38. The molecule has 0 saturated carbocycles. The molecule has 2 aromatic rings. The van der Waals surface area contributed by atoms with E-state index in [9.17, 15) is 13.5 Å². The minimum absolute atomic E-state index is 0.0229. The predicted molar refractivity (Wildman–Crippen MR) is 88.1 cm³/mol. The van der Waals surface area contributed by atoms with Crippen LogP contribution in [0.4, 0.5) is 0 Å². The van der Waals surface area contributed by atoms with E-state index in [4.69, 9.17) is 0 Å². The fourth-order valence-electron chi connectivity index (χ4n) is 2.15. The topological polar surface area (TPSA) is 66.4 Å². The Hall–Kier alpha value is -1.69. The number of nitrogens with one attached hydrogen (secondary N) is 1. The second-order valence-corrected chi connectivity index (χ2v) is 7.17. The van der Waals surface area contributed by atoms with Crippen LogP contribution in [0.3, 0.4) is 0 Å². The molecule has 2 rings (SSSR count). The average Bonchev–Trinajstić information content (AvgIpc) is 2.53. The molecular weight excluding hydrogens is 298 g/mol. The zero-order chi connectivity index (χ0) is 15.8. The van der Waals surface area contributed by atoms with Gasteiger partial charge in [-0.05, 0) is 24.0 Å². The normalized spacial score (nSPS) is 13.0. The zero-order valence-electron chi connectivity index (χ0n) is 12.4. The van der Waals surface area contributed by atoms with Crippen LogP contribution in [0.1, 0.15) is 11.1 Å². The molecule has 0 amide bonds. The number of hydrogen-bond acceptors (Lipinski definition) is 3. The van der Waals surface area contributed by atoms with Gasteiger partial charge in [-0.3, -0.25) is 0 Å². The Morgan fingerprint density at radius 1 is 0.909 bits per heavy atom. The van der Waals surface area contributed by atoms with Crippen molar-refractivity contribution in [3.63, 3.8) is 0 Å². The number of hydrogen-bond donors (Lipinski definition) is 2. The number of benzene rings is 2. The first-order valence-electron chi connectivity index (χ1n) is 7.28. The van der Waals surface area contributed by atoms with E-state index in [1.165, 1.54) is 0 Å². The van der Waals surface area contributed by atoms with Crippen molar-refractivity contribution >= 4 is 10.0 Å². The highest BCUT2D eigenvalue weighted by atomic mass is 32.2. The summed E-state index contributed by atoms with van der Waals surface area (Å²) in [5, 5.41) is 9.92. The zero-order valence-corrected chi connectivity index (χ0v) is 13.2. The maximum absolute atomic E-state index is 11.9. The summed E-state index contributed by atoms with van der Waals surface area (Å²) in [7, 11) is -3.38. The molecule has 5 heteroatoms. The second kappa shape index (κ2) is 8.08. The summed E-state index contributed by atoms with van der Waals surface area (Å²) in [6.45, 7) is 0.0337.